The molecule has 16 nitrogen and oxygen atoms in total. The molecule has 2 atom stereocenters. The number of likely N-dealkylation sites (tertiary alicyclic amines) is 2. The fourth-order valence-corrected chi connectivity index (χ4v) is 11.2. The minimum absolute atomic E-state index is 0.0469. The van der Waals surface area contributed by atoms with Crippen molar-refractivity contribution in [1.82, 2.24) is 58.1 Å². The minimum atomic E-state index is -0.532. The van der Waals surface area contributed by atoms with Crippen LogP contribution in [0.3, 0.4) is 0 Å². The zero-order valence-electron chi connectivity index (χ0n) is 40.3. The summed E-state index contributed by atoms with van der Waals surface area (Å²) in [4.78, 5) is 46.4. The summed E-state index contributed by atoms with van der Waals surface area (Å²) < 4.78 is 43.5. The van der Waals surface area contributed by atoms with Crippen LogP contribution in [0.25, 0.3) is 77.9 Å². The number of aliphatic hydroxyl groups excluding tert-OH is 1. The van der Waals surface area contributed by atoms with E-state index in [1.54, 1.807) is 58.9 Å². The van der Waals surface area contributed by atoms with E-state index in [9.17, 15) is 18.4 Å². The molecule has 0 radical (unpaired) electrons. The maximum Gasteiger partial charge on any atom is 0.410 e. The molecular weight excluding hydrogens is 1140 g/mol. The molecule has 12 rings (SSSR count). The Balaban J connectivity index is 0.000000161. The van der Waals surface area contributed by atoms with Crippen molar-refractivity contribution in [2.24, 2.45) is 0 Å². The number of fused-ring (bicyclic) bond motifs is 6. The third-order valence-electron chi connectivity index (χ3n) is 13.3. The molecule has 10 aromatic rings. The monoisotopic (exact) mass is 1180 g/mol. The molecule has 2 saturated heterocycles. The summed E-state index contributed by atoms with van der Waals surface area (Å²) in [5.74, 6) is -1.16. The molecule has 0 unspecified atom stereocenters. The van der Waals surface area contributed by atoms with Crippen LogP contribution < -0.4 is 0 Å². The maximum atomic E-state index is 14.7. The molecular formula is C53H44Br2Cl2F2N12O4. The molecule has 2 amide bonds. The molecule has 0 saturated carbocycles. The number of nitrogens with zero attached hydrogens (tertiary/aromatic N) is 12. The van der Waals surface area contributed by atoms with Gasteiger partial charge in [0.25, 0.3) is 0 Å². The Kier molecular flexibility index (Phi) is 13.4. The van der Waals surface area contributed by atoms with Crippen LogP contribution in [0, 0.1) is 11.6 Å². The van der Waals surface area contributed by atoms with Gasteiger partial charge in [-0.2, -0.15) is 10.2 Å². The third-order valence-corrected chi connectivity index (χ3v) is 15.4. The van der Waals surface area contributed by atoms with Crippen LogP contribution in [0.15, 0.2) is 119 Å². The Hall–Kier alpha value is -6.84. The largest absolute Gasteiger partial charge is 0.444 e. The van der Waals surface area contributed by atoms with Gasteiger partial charge in [-0.25, -0.2) is 23.5 Å². The summed E-state index contributed by atoms with van der Waals surface area (Å²) in [5.41, 5.74) is 7.00. The molecule has 1 N–H and O–H groups in total. The molecule has 8 aromatic heterocycles. The Labute approximate surface area is 453 Å². The first kappa shape index (κ1) is 50.3. The van der Waals surface area contributed by atoms with Gasteiger partial charge in [0.2, 0.25) is 5.91 Å². The first-order chi connectivity index (χ1) is 36.0. The van der Waals surface area contributed by atoms with Crippen molar-refractivity contribution in [3.05, 3.63) is 141 Å². The normalized spacial score (nSPS) is 15.9. The SMILES string of the molecule is CC(C)(C)OC(=O)N1CC[C@H](n2cc(-c3cnc4ccn5c(Br)c(-c6c(F)cccc6Cl)nc5c4c3)cn2)C1.O=C(CO)N1CC[C@H](n2cc(-c3cnc4ccn5c(Br)c(-c6c(F)cccc6Cl)nc5c4c3)cn2)C1. The Morgan fingerprint density at radius 2 is 1.16 bits per heavy atom. The van der Waals surface area contributed by atoms with Gasteiger partial charge in [-0.3, -0.25) is 32.9 Å². The van der Waals surface area contributed by atoms with Gasteiger partial charge in [0.15, 0.2) is 0 Å². The van der Waals surface area contributed by atoms with Crippen LogP contribution in [0.5, 0.6) is 0 Å². The number of pyridine rings is 4. The van der Waals surface area contributed by atoms with Gasteiger partial charge in [0, 0.05) is 96.4 Å². The zero-order chi connectivity index (χ0) is 52.4. The minimum Gasteiger partial charge on any atom is -0.444 e. The first-order valence-electron chi connectivity index (χ1n) is 23.8. The number of amides is 2. The predicted molar refractivity (Wildman–Crippen MR) is 288 cm³/mol. The average molecular weight is 1180 g/mol. The lowest BCUT2D eigenvalue weighted by atomic mass is 10.1. The molecule has 2 fully saturated rings. The van der Waals surface area contributed by atoms with Gasteiger partial charge >= 0.3 is 6.09 Å². The van der Waals surface area contributed by atoms with Crippen LogP contribution in [0.1, 0.15) is 45.7 Å². The standard InChI is InChI=1S/C28H25BrClFN6O2.C25H19BrClFN6O2/c1-28(2,3)39-27(38)35-9-7-18(15-35)37-14-17(13-33-37)16-11-19-22(32-12-16)8-10-36-25(29)24(34-26(19)36)23-20(30)5-4-6-21(23)31;26-24-23(22-18(27)2-1-3-19(22)28)31-25-17-8-14(9-29-20(17)5-7-33(24)25)15-10-30-34(11-15)16-4-6-32(12-16)21(36)13-35/h4-6,8,10-14,18H,7,9,15H2,1-3H3;1-3,5,7-11,16,35H,4,6,12-13H2/t18-;16-/m00/s1. The lowest BCUT2D eigenvalue weighted by Gasteiger charge is -2.24. The van der Waals surface area contributed by atoms with Crippen molar-refractivity contribution in [2.45, 2.75) is 51.3 Å². The summed E-state index contributed by atoms with van der Waals surface area (Å²) in [6, 6.07) is 17.0. The Morgan fingerprint density at radius 3 is 1.61 bits per heavy atom. The van der Waals surface area contributed by atoms with Crippen molar-refractivity contribution in [3.8, 4) is 44.8 Å². The average Bonchev–Trinajstić information content (AvgIpc) is 4.27. The molecule has 75 heavy (non-hydrogen) atoms. The molecule has 0 spiro atoms. The highest BCUT2D eigenvalue weighted by Gasteiger charge is 2.32. The summed E-state index contributed by atoms with van der Waals surface area (Å²) >= 11 is 19.8. The fourth-order valence-electron chi connectivity index (χ4n) is 9.53. The summed E-state index contributed by atoms with van der Waals surface area (Å²) in [5, 5.41) is 20.4. The number of aromatic nitrogens is 10. The second kappa shape index (κ2) is 20.0. The lowest BCUT2D eigenvalue weighted by molar-refractivity contribution is -0.133. The van der Waals surface area contributed by atoms with Crippen molar-refractivity contribution < 1.29 is 28.2 Å². The van der Waals surface area contributed by atoms with E-state index < -0.39 is 23.8 Å². The van der Waals surface area contributed by atoms with E-state index in [2.05, 4.69) is 52.0 Å². The third kappa shape index (κ3) is 9.62. The van der Waals surface area contributed by atoms with E-state index in [0.717, 1.165) is 56.9 Å². The lowest BCUT2D eigenvalue weighted by Crippen LogP contribution is -2.35. The molecule has 0 aliphatic carbocycles. The Morgan fingerprint density at radius 1 is 0.693 bits per heavy atom. The summed E-state index contributed by atoms with van der Waals surface area (Å²) in [6.45, 7) is 7.37. The number of hydrogen-bond acceptors (Lipinski definition) is 10. The number of rotatable bonds is 7. The number of imidazole rings is 2. The number of ether oxygens (including phenoxy) is 1. The number of carbonyl (C=O) groups excluding carboxylic acids is 2. The summed E-state index contributed by atoms with van der Waals surface area (Å²) in [7, 11) is 0. The quantitative estimate of drug-likeness (QED) is 0.162. The van der Waals surface area contributed by atoms with Gasteiger partial charge in [0.1, 0.15) is 55.7 Å². The fraction of sp³-hybridized carbons (Fsp3) is 0.245. The topological polar surface area (TPSA) is 166 Å². The van der Waals surface area contributed by atoms with E-state index in [0.29, 0.717) is 58.1 Å². The van der Waals surface area contributed by atoms with Gasteiger partial charge in [-0.15, -0.1) is 0 Å². The highest BCUT2D eigenvalue weighted by atomic mass is 79.9. The van der Waals surface area contributed by atoms with Gasteiger partial charge in [0.05, 0.1) is 56.7 Å². The molecule has 22 heteroatoms. The van der Waals surface area contributed by atoms with Crippen LogP contribution in [0.4, 0.5) is 13.6 Å². The first-order valence-corrected chi connectivity index (χ1v) is 26.1. The van der Waals surface area contributed by atoms with Gasteiger partial charge < -0.3 is 19.6 Å². The van der Waals surface area contributed by atoms with Crippen LogP contribution >= 0.6 is 55.1 Å². The number of halogens is 6. The predicted octanol–water partition coefficient (Wildman–Crippen LogP) is 11.9. The molecule has 2 aromatic carbocycles. The van der Waals surface area contributed by atoms with Crippen molar-refractivity contribution in [1.29, 1.82) is 0 Å². The molecule has 0 bridgehead atoms. The molecule has 10 heterocycles. The van der Waals surface area contributed by atoms with Crippen LogP contribution in [-0.2, 0) is 9.53 Å². The summed E-state index contributed by atoms with van der Waals surface area (Å²) in [6.07, 6.45) is 16.0. The number of aliphatic hydroxyl groups is 1. The number of benzene rings is 2. The second-order valence-electron chi connectivity index (χ2n) is 19.3. The van der Waals surface area contributed by atoms with Crippen LogP contribution in [0.2, 0.25) is 10.0 Å². The van der Waals surface area contributed by atoms with E-state index in [4.69, 9.17) is 43.0 Å². The second-order valence-corrected chi connectivity index (χ2v) is 21.6. The van der Waals surface area contributed by atoms with Crippen molar-refractivity contribution in [2.75, 3.05) is 32.8 Å². The Bertz CT molecular complexity index is 3850. The highest BCUT2D eigenvalue weighted by molar-refractivity contribution is 9.10. The van der Waals surface area contributed by atoms with E-state index in [1.165, 1.54) is 12.1 Å². The zero-order valence-corrected chi connectivity index (χ0v) is 45.0. The van der Waals surface area contributed by atoms with Crippen molar-refractivity contribution in [3.63, 3.8) is 0 Å². The van der Waals surface area contributed by atoms with Crippen LogP contribution in [-0.4, -0.2) is 114 Å². The smallest absolute Gasteiger partial charge is 0.410 e. The molecule has 382 valence electrons. The van der Waals surface area contributed by atoms with E-state index >= 15 is 0 Å². The molecule has 2 aliphatic rings. The number of carbonyl (C=O) groups is 2. The number of hydrogen-bond donors (Lipinski definition) is 1. The van der Waals surface area contributed by atoms with Gasteiger partial charge in [-0.05, 0) is 114 Å². The molecule has 2 aliphatic heterocycles. The highest BCUT2D eigenvalue weighted by Crippen LogP contribution is 2.40. The van der Waals surface area contributed by atoms with E-state index in [1.807, 2.05) is 88.0 Å². The van der Waals surface area contributed by atoms with E-state index in [-0.39, 0.29) is 45.3 Å². The van der Waals surface area contributed by atoms with Gasteiger partial charge in [-0.1, -0.05) is 35.3 Å². The maximum absolute atomic E-state index is 14.7. The van der Waals surface area contributed by atoms with Crippen molar-refractivity contribution >= 4 is 100 Å².